The fraction of sp³-hybridized carbons (Fsp3) is 0.632. The molecule has 3 fully saturated rings. The molecule has 23 heavy (non-hydrogen) atoms. The summed E-state index contributed by atoms with van der Waals surface area (Å²) in [6.45, 7) is 3.76. The lowest BCUT2D eigenvalue weighted by Crippen LogP contribution is -2.53. The van der Waals surface area contributed by atoms with E-state index in [1.54, 1.807) is 7.11 Å². The molecule has 0 N–H and O–H groups in total. The molecule has 3 atom stereocenters. The topological polar surface area (TPSA) is 32.8 Å². The second kappa shape index (κ2) is 6.16. The summed E-state index contributed by atoms with van der Waals surface area (Å²) in [7, 11) is 1.64. The number of ether oxygens (including phenoxy) is 1. The summed E-state index contributed by atoms with van der Waals surface area (Å²) in [5.74, 6) is 2.80. The summed E-state index contributed by atoms with van der Waals surface area (Å²) in [6, 6.07) is 8.28. The number of rotatable bonds is 3. The molecule has 1 heterocycles. The van der Waals surface area contributed by atoms with Gasteiger partial charge in [-0.1, -0.05) is 12.5 Å². The van der Waals surface area contributed by atoms with Crippen LogP contribution in [0.4, 0.5) is 0 Å². The zero-order valence-corrected chi connectivity index (χ0v) is 13.9. The van der Waals surface area contributed by atoms with Crippen molar-refractivity contribution in [2.24, 2.45) is 11.8 Å². The molecular formula is C19H26N2O2. The van der Waals surface area contributed by atoms with Gasteiger partial charge in [-0.25, -0.2) is 0 Å². The Morgan fingerprint density at radius 1 is 1.13 bits per heavy atom. The van der Waals surface area contributed by atoms with Gasteiger partial charge in [-0.15, -0.1) is 0 Å². The highest BCUT2D eigenvalue weighted by Gasteiger charge is 2.42. The Hall–Kier alpha value is -1.55. The summed E-state index contributed by atoms with van der Waals surface area (Å²) >= 11 is 0. The van der Waals surface area contributed by atoms with E-state index in [0.717, 1.165) is 55.4 Å². The van der Waals surface area contributed by atoms with Gasteiger partial charge >= 0.3 is 0 Å². The van der Waals surface area contributed by atoms with E-state index in [4.69, 9.17) is 4.74 Å². The second-order valence-corrected chi connectivity index (χ2v) is 7.30. The van der Waals surface area contributed by atoms with Crippen molar-refractivity contribution in [3.8, 4) is 5.75 Å². The molecule has 0 aromatic heterocycles. The fourth-order valence-corrected chi connectivity index (χ4v) is 4.85. The van der Waals surface area contributed by atoms with Gasteiger partial charge in [-0.05, 0) is 49.3 Å². The van der Waals surface area contributed by atoms with Gasteiger partial charge in [0.1, 0.15) is 5.75 Å². The van der Waals surface area contributed by atoms with Crippen molar-refractivity contribution in [2.75, 3.05) is 33.3 Å². The summed E-state index contributed by atoms with van der Waals surface area (Å²) < 4.78 is 5.23. The molecule has 0 unspecified atom stereocenters. The van der Waals surface area contributed by atoms with Gasteiger partial charge in [0.25, 0.3) is 5.91 Å². The molecule has 4 rings (SSSR count). The van der Waals surface area contributed by atoms with Crippen LogP contribution < -0.4 is 4.74 Å². The average Bonchev–Trinajstić information content (AvgIpc) is 3.24. The molecule has 1 aliphatic heterocycles. The van der Waals surface area contributed by atoms with Crippen molar-refractivity contribution in [3.63, 3.8) is 0 Å². The number of hydrogen-bond donors (Lipinski definition) is 0. The van der Waals surface area contributed by atoms with E-state index in [1.807, 2.05) is 29.2 Å². The first kappa shape index (κ1) is 15.0. The fourth-order valence-electron chi connectivity index (χ4n) is 4.85. The number of methoxy groups -OCH3 is 1. The number of carbonyl (C=O) groups excluding carboxylic acids is 1. The van der Waals surface area contributed by atoms with Gasteiger partial charge in [0.2, 0.25) is 0 Å². The lowest BCUT2D eigenvalue weighted by Gasteiger charge is -2.41. The molecular weight excluding hydrogens is 288 g/mol. The Morgan fingerprint density at radius 3 is 2.61 bits per heavy atom. The Kier molecular flexibility index (Phi) is 4.02. The SMILES string of the molecule is COc1cccc(C(=O)N2CCN([C@@H]3C[C@H]4CC[C@H]3C4)CC2)c1. The Balaban J connectivity index is 1.36. The largest absolute Gasteiger partial charge is 0.497 e. The van der Waals surface area contributed by atoms with Crippen LogP contribution in [0.2, 0.25) is 0 Å². The third-order valence-electron chi connectivity index (χ3n) is 6.09. The maximum absolute atomic E-state index is 12.7. The van der Waals surface area contributed by atoms with E-state index in [0.29, 0.717) is 0 Å². The molecule has 1 aromatic carbocycles. The van der Waals surface area contributed by atoms with Gasteiger partial charge in [-0.3, -0.25) is 9.69 Å². The summed E-state index contributed by atoms with van der Waals surface area (Å²) in [6.07, 6.45) is 5.73. The normalized spacial score (nSPS) is 30.7. The minimum atomic E-state index is 0.136. The van der Waals surface area contributed by atoms with Crippen LogP contribution in [-0.4, -0.2) is 55.0 Å². The van der Waals surface area contributed by atoms with E-state index in [2.05, 4.69) is 4.90 Å². The highest BCUT2D eigenvalue weighted by atomic mass is 16.5. The van der Waals surface area contributed by atoms with E-state index in [-0.39, 0.29) is 5.91 Å². The van der Waals surface area contributed by atoms with Gasteiger partial charge in [-0.2, -0.15) is 0 Å². The van der Waals surface area contributed by atoms with E-state index in [1.165, 1.54) is 25.7 Å². The van der Waals surface area contributed by atoms with Crippen molar-refractivity contribution >= 4 is 5.91 Å². The molecule has 1 aromatic rings. The molecule has 0 radical (unpaired) electrons. The first-order chi connectivity index (χ1) is 11.2. The molecule has 124 valence electrons. The maximum Gasteiger partial charge on any atom is 0.254 e. The highest BCUT2D eigenvalue weighted by Crippen LogP contribution is 2.46. The summed E-state index contributed by atoms with van der Waals surface area (Å²) in [4.78, 5) is 17.3. The van der Waals surface area contributed by atoms with Crippen molar-refractivity contribution in [1.82, 2.24) is 9.80 Å². The molecule has 0 spiro atoms. The highest BCUT2D eigenvalue weighted by molar-refractivity contribution is 5.94. The van der Waals surface area contributed by atoms with Gasteiger partial charge < -0.3 is 9.64 Å². The number of hydrogen-bond acceptors (Lipinski definition) is 3. The minimum Gasteiger partial charge on any atom is -0.497 e. The van der Waals surface area contributed by atoms with Crippen LogP contribution in [-0.2, 0) is 0 Å². The first-order valence-electron chi connectivity index (χ1n) is 8.92. The van der Waals surface area contributed by atoms with Crippen LogP contribution in [0.15, 0.2) is 24.3 Å². The molecule has 2 bridgehead atoms. The molecule has 1 saturated heterocycles. The Bertz CT molecular complexity index is 580. The van der Waals surface area contributed by atoms with Crippen molar-refractivity contribution < 1.29 is 9.53 Å². The van der Waals surface area contributed by atoms with Gasteiger partial charge in [0.05, 0.1) is 7.11 Å². The summed E-state index contributed by atoms with van der Waals surface area (Å²) in [5.41, 5.74) is 0.734. The van der Waals surface area contributed by atoms with Crippen LogP contribution in [0.25, 0.3) is 0 Å². The minimum absolute atomic E-state index is 0.136. The van der Waals surface area contributed by atoms with Crippen LogP contribution in [0.3, 0.4) is 0 Å². The zero-order chi connectivity index (χ0) is 15.8. The zero-order valence-electron chi connectivity index (χ0n) is 13.9. The average molecular weight is 314 g/mol. The number of benzene rings is 1. The van der Waals surface area contributed by atoms with Crippen molar-refractivity contribution in [3.05, 3.63) is 29.8 Å². The molecule has 1 amide bonds. The van der Waals surface area contributed by atoms with E-state index < -0.39 is 0 Å². The Morgan fingerprint density at radius 2 is 1.96 bits per heavy atom. The number of piperazine rings is 1. The number of amides is 1. The molecule has 4 nitrogen and oxygen atoms in total. The molecule has 3 aliphatic rings. The molecule has 2 aliphatic carbocycles. The summed E-state index contributed by atoms with van der Waals surface area (Å²) in [5, 5.41) is 0. The maximum atomic E-state index is 12.7. The lowest BCUT2D eigenvalue weighted by molar-refractivity contribution is 0.0495. The van der Waals surface area contributed by atoms with Crippen molar-refractivity contribution in [2.45, 2.75) is 31.7 Å². The first-order valence-corrected chi connectivity index (χ1v) is 8.92. The lowest BCUT2D eigenvalue weighted by atomic mass is 9.93. The van der Waals surface area contributed by atoms with Crippen LogP contribution in [0.1, 0.15) is 36.0 Å². The monoisotopic (exact) mass is 314 g/mol. The quantitative estimate of drug-likeness (QED) is 0.860. The predicted molar refractivity (Wildman–Crippen MR) is 89.7 cm³/mol. The second-order valence-electron chi connectivity index (χ2n) is 7.30. The predicted octanol–water partition coefficient (Wildman–Crippen LogP) is 2.64. The molecule has 2 saturated carbocycles. The van der Waals surface area contributed by atoms with Crippen molar-refractivity contribution in [1.29, 1.82) is 0 Å². The van der Waals surface area contributed by atoms with Crippen LogP contribution in [0, 0.1) is 11.8 Å². The van der Waals surface area contributed by atoms with Crippen LogP contribution in [0.5, 0.6) is 5.75 Å². The van der Waals surface area contributed by atoms with E-state index >= 15 is 0 Å². The molecule has 4 heteroatoms. The standard InChI is InChI=1S/C19H26N2O2/c1-23-17-4-2-3-16(13-17)19(22)21-9-7-20(8-10-21)18-12-14-5-6-15(18)11-14/h2-4,13-15,18H,5-12H2,1H3/t14-,15-,18+/m0/s1. The third kappa shape index (κ3) is 2.85. The number of nitrogens with zero attached hydrogens (tertiary/aromatic N) is 2. The number of fused-ring (bicyclic) bond motifs is 2. The van der Waals surface area contributed by atoms with Gasteiger partial charge in [0, 0.05) is 37.8 Å². The Labute approximate surface area is 138 Å². The van der Waals surface area contributed by atoms with Crippen LogP contribution >= 0.6 is 0 Å². The number of carbonyl (C=O) groups is 1. The van der Waals surface area contributed by atoms with E-state index in [9.17, 15) is 4.79 Å². The van der Waals surface area contributed by atoms with Gasteiger partial charge in [0.15, 0.2) is 0 Å². The third-order valence-corrected chi connectivity index (χ3v) is 6.09. The smallest absolute Gasteiger partial charge is 0.254 e.